The lowest BCUT2D eigenvalue weighted by Gasteiger charge is -2.32. The van der Waals surface area contributed by atoms with Crippen LogP contribution < -0.4 is 0 Å². The van der Waals surface area contributed by atoms with Crippen molar-refractivity contribution in [2.75, 3.05) is 0 Å². The molecule has 0 N–H and O–H groups in total. The molecule has 0 spiro atoms. The highest BCUT2D eigenvalue weighted by atomic mass is 19.1. The van der Waals surface area contributed by atoms with Crippen molar-refractivity contribution in [1.82, 2.24) is 4.98 Å². The number of rotatable bonds is 3. The van der Waals surface area contributed by atoms with Crippen LogP contribution in [0.15, 0.2) is 35.8 Å². The highest BCUT2D eigenvalue weighted by Gasteiger charge is 2.53. The smallest absolute Gasteiger partial charge is 0.398 e. The lowest BCUT2D eigenvalue weighted by Crippen LogP contribution is -2.41. The van der Waals surface area contributed by atoms with Crippen molar-refractivity contribution < 1.29 is 13.7 Å². The Labute approximate surface area is 144 Å². The molecule has 2 aliphatic rings. The normalized spacial score (nSPS) is 25.8. The number of hydrogen-bond donors (Lipinski definition) is 0. The molecule has 3 rings (SSSR count). The summed E-state index contributed by atoms with van der Waals surface area (Å²) in [5.41, 5.74) is 1.01. The maximum absolute atomic E-state index is 14.9. The fourth-order valence-corrected chi connectivity index (χ4v) is 3.43. The van der Waals surface area contributed by atoms with E-state index in [2.05, 4.69) is 17.1 Å². The molecule has 0 unspecified atom stereocenters. The van der Waals surface area contributed by atoms with Gasteiger partial charge in [-0.3, -0.25) is 4.98 Å². The molecule has 1 aromatic rings. The first-order valence-electron chi connectivity index (χ1n) is 8.90. The minimum absolute atomic E-state index is 0.198. The Kier molecular flexibility index (Phi) is 4.85. The zero-order valence-corrected chi connectivity index (χ0v) is 15.1. The maximum Gasteiger partial charge on any atom is 0.525 e. The van der Waals surface area contributed by atoms with Crippen LogP contribution in [-0.2, 0) is 15.7 Å². The Bertz CT molecular complexity index is 589. The summed E-state index contributed by atoms with van der Waals surface area (Å²) < 4.78 is 26.5. The highest BCUT2D eigenvalue weighted by Crippen LogP contribution is 2.41. The van der Waals surface area contributed by atoms with Gasteiger partial charge < -0.3 is 9.31 Å². The van der Waals surface area contributed by atoms with Gasteiger partial charge in [0.1, 0.15) is 5.73 Å². The molecule has 1 aliphatic carbocycles. The number of aromatic nitrogens is 1. The number of allylic oxidation sites excluding steroid dienone is 1. The predicted octanol–water partition coefficient (Wildman–Crippen LogP) is 4.67. The minimum Gasteiger partial charge on any atom is -0.398 e. The van der Waals surface area contributed by atoms with E-state index in [9.17, 15) is 4.39 Å². The van der Waals surface area contributed by atoms with Gasteiger partial charge in [-0.25, -0.2) is 4.39 Å². The fourth-order valence-electron chi connectivity index (χ4n) is 3.43. The van der Waals surface area contributed by atoms with E-state index in [0.717, 1.165) is 37.7 Å². The summed E-state index contributed by atoms with van der Waals surface area (Å²) in [6.07, 6.45) is 8.35. The molecule has 5 heteroatoms. The average molecular weight is 331 g/mol. The van der Waals surface area contributed by atoms with Crippen molar-refractivity contribution in [3.8, 4) is 0 Å². The summed E-state index contributed by atoms with van der Waals surface area (Å²) in [7, 11) is -0.846. The van der Waals surface area contributed by atoms with Gasteiger partial charge in [0, 0.05) is 12.4 Å². The van der Waals surface area contributed by atoms with Crippen molar-refractivity contribution in [2.45, 2.75) is 71.0 Å². The first-order valence-corrected chi connectivity index (χ1v) is 8.90. The van der Waals surface area contributed by atoms with Crippen molar-refractivity contribution in [3.63, 3.8) is 0 Å². The van der Waals surface area contributed by atoms with Crippen LogP contribution in [0.3, 0.4) is 0 Å². The van der Waals surface area contributed by atoms with E-state index in [-0.39, 0.29) is 5.73 Å². The van der Waals surface area contributed by atoms with E-state index in [4.69, 9.17) is 9.31 Å². The molecule has 3 nitrogen and oxygen atoms in total. The van der Waals surface area contributed by atoms with E-state index in [1.54, 1.807) is 0 Å². The molecule has 0 radical (unpaired) electrons. The van der Waals surface area contributed by atoms with Crippen molar-refractivity contribution in [2.24, 2.45) is 5.92 Å². The third kappa shape index (κ3) is 3.57. The van der Waals surface area contributed by atoms with Crippen LogP contribution >= 0.6 is 0 Å². The molecular weight excluding hydrogens is 304 g/mol. The minimum atomic E-state index is -0.846. The second-order valence-electron chi connectivity index (χ2n) is 8.04. The topological polar surface area (TPSA) is 31.4 Å². The Morgan fingerprint density at radius 3 is 2.21 bits per heavy atom. The van der Waals surface area contributed by atoms with Gasteiger partial charge in [-0.1, -0.05) is 0 Å². The van der Waals surface area contributed by atoms with Gasteiger partial charge in [-0.05, 0) is 89.0 Å². The van der Waals surface area contributed by atoms with Crippen LogP contribution in [0.25, 0.3) is 0 Å². The monoisotopic (exact) mass is 331 g/mol. The Morgan fingerprint density at radius 2 is 1.67 bits per heavy atom. The van der Waals surface area contributed by atoms with Gasteiger partial charge in [-0.15, -0.1) is 0 Å². The summed E-state index contributed by atoms with van der Waals surface area (Å²) in [5, 5.41) is 0. The third-order valence-electron chi connectivity index (χ3n) is 5.78. The number of pyridine rings is 1. The molecule has 0 aromatic carbocycles. The fraction of sp³-hybridized carbons (Fsp3) is 0.632. The quantitative estimate of drug-likeness (QED) is 0.754. The van der Waals surface area contributed by atoms with Crippen LogP contribution in [-0.4, -0.2) is 23.3 Å². The molecule has 0 bridgehead atoms. The summed E-state index contributed by atoms with van der Waals surface area (Å²) in [4.78, 5) is 4.06. The molecule has 1 aromatic heterocycles. The van der Waals surface area contributed by atoms with Crippen LogP contribution in [0.2, 0.25) is 0 Å². The summed E-state index contributed by atoms with van der Waals surface area (Å²) in [6.45, 7) is 7.82. The molecule has 2 fully saturated rings. The average Bonchev–Trinajstić information content (AvgIpc) is 2.76. The van der Waals surface area contributed by atoms with E-state index in [0.29, 0.717) is 5.92 Å². The van der Waals surface area contributed by atoms with Gasteiger partial charge in [0.25, 0.3) is 0 Å². The summed E-state index contributed by atoms with van der Waals surface area (Å²) in [5.74, 6) is 0.613. The van der Waals surface area contributed by atoms with Gasteiger partial charge in [-0.2, -0.15) is 0 Å². The number of halogens is 1. The summed E-state index contributed by atoms with van der Waals surface area (Å²) in [6, 6.07) is 4.13. The van der Waals surface area contributed by atoms with E-state index in [1.165, 1.54) is 5.56 Å². The zero-order chi connectivity index (χ0) is 17.4. The molecule has 0 atom stereocenters. The van der Waals surface area contributed by atoms with Crippen molar-refractivity contribution >= 4 is 7.12 Å². The van der Waals surface area contributed by atoms with Crippen molar-refractivity contribution in [3.05, 3.63) is 41.4 Å². The number of nitrogens with zero attached hydrogens (tertiary/aromatic N) is 1. The molecule has 1 aliphatic heterocycles. The molecule has 1 saturated heterocycles. The first-order chi connectivity index (χ1) is 11.3. The van der Waals surface area contributed by atoms with Gasteiger partial charge in [0.05, 0.1) is 11.2 Å². The lowest BCUT2D eigenvalue weighted by atomic mass is 9.76. The SMILES string of the molecule is CC1(C)OB(C(F)=C2CCC(Cc3ccncc3)CC2)OC1(C)C. The maximum atomic E-state index is 14.9. The van der Waals surface area contributed by atoms with Gasteiger partial charge in [0.2, 0.25) is 0 Å². The molecule has 24 heavy (non-hydrogen) atoms. The molecule has 130 valence electrons. The second-order valence-corrected chi connectivity index (χ2v) is 8.04. The van der Waals surface area contributed by atoms with Crippen LogP contribution in [0, 0.1) is 5.92 Å². The van der Waals surface area contributed by atoms with Crippen LogP contribution in [0.4, 0.5) is 4.39 Å². The molecule has 0 amide bonds. The highest BCUT2D eigenvalue weighted by molar-refractivity contribution is 6.53. The van der Waals surface area contributed by atoms with Crippen molar-refractivity contribution in [1.29, 1.82) is 0 Å². The van der Waals surface area contributed by atoms with Crippen LogP contribution in [0.5, 0.6) is 0 Å². The second kappa shape index (κ2) is 6.60. The van der Waals surface area contributed by atoms with E-state index in [1.807, 2.05) is 40.1 Å². The predicted molar refractivity (Wildman–Crippen MR) is 94.1 cm³/mol. The van der Waals surface area contributed by atoms with E-state index < -0.39 is 18.3 Å². The third-order valence-corrected chi connectivity index (χ3v) is 5.78. The standard InChI is InChI=1S/C19H27BFNO2/c1-18(2)19(3,4)24-20(23-18)17(21)16-7-5-14(6-8-16)13-15-9-11-22-12-10-15/h9-12,14H,5-8,13H2,1-4H3. The summed E-state index contributed by atoms with van der Waals surface area (Å²) >= 11 is 0. The largest absolute Gasteiger partial charge is 0.525 e. The Balaban J connectivity index is 1.60. The molecule has 1 saturated carbocycles. The lowest BCUT2D eigenvalue weighted by molar-refractivity contribution is 0.00578. The van der Waals surface area contributed by atoms with Crippen LogP contribution in [0.1, 0.15) is 58.9 Å². The van der Waals surface area contributed by atoms with Gasteiger partial charge >= 0.3 is 7.12 Å². The molecular formula is C19H27BFNO2. The zero-order valence-electron chi connectivity index (χ0n) is 15.1. The Hall–Kier alpha value is -1.20. The van der Waals surface area contributed by atoms with E-state index >= 15 is 0 Å². The molecule has 2 heterocycles. The number of hydrogen-bond acceptors (Lipinski definition) is 3. The Morgan fingerprint density at radius 1 is 1.12 bits per heavy atom. The first kappa shape index (κ1) is 17.6. The van der Waals surface area contributed by atoms with Gasteiger partial charge in [0.15, 0.2) is 0 Å².